The van der Waals surface area contributed by atoms with Crippen LogP contribution in [0.25, 0.3) is 0 Å². The number of hydrogen-bond acceptors (Lipinski definition) is 5. The summed E-state index contributed by atoms with van der Waals surface area (Å²) >= 11 is 0. The molecule has 1 aliphatic heterocycles. The summed E-state index contributed by atoms with van der Waals surface area (Å²) in [5.41, 5.74) is 0. The molecule has 0 aromatic carbocycles. The van der Waals surface area contributed by atoms with E-state index in [1.165, 1.54) is 6.26 Å². The van der Waals surface area contributed by atoms with E-state index >= 15 is 0 Å². The van der Waals surface area contributed by atoms with Gasteiger partial charge in [-0.3, -0.25) is 4.79 Å². The number of rotatable bonds is 4. The Morgan fingerprint density at radius 3 is 2.14 bits per heavy atom. The van der Waals surface area contributed by atoms with Gasteiger partial charge in [0.1, 0.15) is 12.3 Å². The molecule has 2 amide bonds. The summed E-state index contributed by atoms with van der Waals surface area (Å²) in [6.45, 7) is 4.06. The van der Waals surface area contributed by atoms with E-state index in [9.17, 15) is 22.4 Å². The first-order valence-electron chi connectivity index (χ1n) is 13.4. The molecule has 10 heteroatoms. The van der Waals surface area contributed by atoms with Crippen molar-refractivity contribution in [3.05, 3.63) is 0 Å². The van der Waals surface area contributed by atoms with Gasteiger partial charge >= 0.3 is 6.09 Å². The predicted octanol–water partition coefficient (Wildman–Crippen LogP) is 3.60. The number of nitrogens with one attached hydrogen (secondary N) is 1. The van der Waals surface area contributed by atoms with Crippen LogP contribution in [-0.4, -0.2) is 79.5 Å². The third-order valence-electron chi connectivity index (χ3n) is 8.80. The van der Waals surface area contributed by atoms with Crippen LogP contribution in [0.15, 0.2) is 0 Å². The molecule has 0 aromatic rings. The number of sulfonamides is 1. The summed E-state index contributed by atoms with van der Waals surface area (Å²) in [7, 11) is -3.20. The Labute approximate surface area is 209 Å². The van der Waals surface area contributed by atoms with Crippen LogP contribution < -0.4 is 4.72 Å². The van der Waals surface area contributed by atoms with Gasteiger partial charge in [-0.15, -0.1) is 0 Å². The van der Waals surface area contributed by atoms with Crippen LogP contribution >= 0.6 is 0 Å². The molecule has 1 saturated heterocycles. The average molecular weight is 516 g/mol. The van der Waals surface area contributed by atoms with Crippen LogP contribution in [0, 0.1) is 11.8 Å². The smallest absolute Gasteiger partial charge is 0.410 e. The number of carbonyl (C=O) groups excluding carboxylic acids is 2. The van der Waals surface area contributed by atoms with Crippen LogP contribution in [-0.2, 0) is 19.6 Å². The lowest BCUT2D eigenvalue weighted by Gasteiger charge is -2.54. The fourth-order valence-electron chi connectivity index (χ4n) is 7.20. The van der Waals surface area contributed by atoms with Crippen molar-refractivity contribution in [1.29, 1.82) is 0 Å². The van der Waals surface area contributed by atoms with Gasteiger partial charge in [0, 0.05) is 25.6 Å². The Morgan fingerprint density at radius 2 is 1.54 bits per heavy atom. The zero-order valence-corrected chi connectivity index (χ0v) is 22.1. The van der Waals surface area contributed by atoms with E-state index in [-0.39, 0.29) is 42.3 Å². The SMILES string of the molecule is CC(=O)N1C2CCC(C3CCC(NS(C)(=O)=O)CC3)CC2N(C(=O)OC2CCC(F)CC2)C[C@@H]1C. The molecular formula is C25H42FN3O5S. The molecule has 3 saturated carbocycles. The van der Waals surface area contributed by atoms with E-state index in [4.69, 9.17) is 4.74 Å². The fraction of sp³-hybridized carbons (Fsp3) is 0.920. The van der Waals surface area contributed by atoms with E-state index in [2.05, 4.69) is 4.72 Å². The van der Waals surface area contributed by atoms with Crippen molar-refractivity contribution in [2.45, 2.75) is 121 Å². The monoisotopic (exact) mass is 515 g/mol. The summed E-state index contributed by atoms with van der Waals surface area (Å²) in [5, 5.41) is 0. The van der Waals surface area contributed by atoms with Crippen molar-refractivity contribution in [2.24, 2.45) is 11.8 Å². The molecule has 4 atom stereocenters. The Bertz CT molecular complexity index is 870. The molecule has 4 aliphatic rings. The first-order valence-corrected chi connectivity index (χ1v) is 15.3. The molecule has 3 aliphatic carbocycles. The Kier molecular flexibility index (Phi) is 8.30. The zero-order chi connectivity index (χ0) is 25.3. The quantitative estimate of drug-likeness (QED) is 0.617. The van der Waals surface area contributed by atoms with Gasteiger partial charge < -0.3 is 14.5 Å². The number of piperazine rings is 1. The van der Waals surface area contributed by atoms with E-state index in [0.29, 0.717) is 44.1 Å². The summed E-state index contributed by atoms with van der Waals surface area (Å²) in [6, 6.07) is -0.153. The fourth-order valence-corrected chi connectivity index (χ4v) is 8.04. The first kappa shape index (κ1) is 26.6. The van der Waals surface area contributed by atoms with Crippen LogP contribution in [0.2, 0.25) is 0 Å². The van der Waals surface area contributed by atoms with Crippen LogP contribution in [0.1, 0.15) is 84.5 Å². The highest BCUT2D eigenvalue weighted by molar-refractivity contribution is 7.88. The number of fused-ring (bicyclic) bond motifs is 1. The highest BCUT2D eigenvalue weighted by atomic mass is 32.2. The number of halogens is 1. The van der Waals surface area contributed by atoms with Gasteiger partial charge in [0.15, 0.2) is 0 Å². The average Bonchev–Trinajstić information content (AvgIpc) is 2.79. The van der Waals surface area contributed by atoms with E-state index in [1.54, 1.807) is 6.92 Å². The second-order valence-corrected chi connectivity index (χ2v) is 13.2. The molecule has 1 heterocycles. The third-order valence-corrected chi connectivity index (χ3v) is 9.57. The van der Waals surface area contributed by atoms with Crippen LogP contribution in [0.5, 0.6) is 0 Å². The number of ether oxygens (including phenoxy) is 1. The van der Waals surface area contributed by atoms with E-state index < -0.39 is 16.2 Å². The van der Waals surface area contributed by atoms with Crippen molar-refractivity contribution >= 4 is 22.0 Å². The van der Waals surface area contributed by atoms with Gasteiger partial charge in [0.25, 0.3) is 0 Å². The van der Waals surface area contributed by atoms with Gasteiger partial charge in [-0.05, 0) is 89.4 Å². The first-order chi connectivity index (χ1) is 16.5. The molecule has 8 nitrogen and oxygen atoms in total. The van der Waals surface area contributed by atoms with Gasteiger partial charge in [-0.1, -0.05) is 0 Å². The maximum absolute atomic E-state index is 13.5. The Morgan fingerprint density at radius 1 is 0.914 bits per heavy atom. The Balaban J connectivity index is 1.43. The minimum Gasteiger partial charge on any atom is -0.446 e. The molecule has 0 spiro atoms. The number of alkyl halides is 1. The largest absolute Gasteiger partial charge is 0.446 e. The molecule has 200 valence electrons. The normalized spacial score (nSPS) is 38.5. The van der Waals surface area contributed by atoms with Crippen molar-refractivity contribution < 1.29 is 27.1 Å². The molecule has 1 N–H and O–H groups in total. The van der Waals surface area contributed by atoms with Gasteiger partial charge in [-0.2, -0.15) is 0 Å². The second kappa shape index (κ2) is 10.9. The summed E-state index contributed by atoms with van der Waals surface area (Å²) in [6.07, 6.45) is 8.20. The maximum atomic E-state index is 13.5. The van der Waals surface area contributed by atoms with Crippen molar-refractivity contribution in [3.8, 4) is 0 Å². The standard InChI is InChI=1S/C25H42FN3O5S/c1-16-15-28(25(31)34-22-11-7-20(26)8-12-22)24-14-19(6-13-23(24)29(16)17(2)30)18-4-9-21(10-5-18)27-35(3,32)33/h16,18-24,27H,4-15H2,1-3H3/t16-,18?,19?,20?,21?,22?,23?,24?/m0/s1. The highest BCUT2D eigenvalue weighted by Gasteiger charge is 2.48. The topological polar surface area (TPSA) is 96.0 Å². The molecule has 0 bridgehead atoms. The minimum absolute atomic E-state index is 0.00668. The predicted molar refractivity (Wildman–Crippen MR) is 131 cm³/mol. The van der Waals surface area contributed by atoms with Crippen LogP contribution in [0.4, 0.5) is 9.18 Å². The molecule has 0 radical (unpaired) electrons. The van der Waals surface area contributed by atoms with E-state index in [1.807, 2.05) is 16.7 Å². The van der Waals surface area contributed by atoms with Crippen molar-refractivity contribution in [2.75, 3.05) is 12.8 Å². The number of nitrogens with zero attached hydrogens (tertiary/aromatic N) is 2. The highest BCUT2D eigenvalue weighted by Crippen LogP contribution is 2.43. The summed E-state index contributed by atoms with van der Waals surface area (Å²) in [5.74, 6) is 0.985. The number of carbonyl (C=O) groups is 2. The van der Waals surface area contributed by atoms with E-state index in [0.717, 1.165) is 44.9 Å². The molecule has 0 aromatic heterocycles. The Hall–Kier alpha value is -1.42. The molecule has 4 rings (SSSR count). The molecule has 35 heavy (non-hydrogen) atoms. The van der Waals surface area contributed by atoms with Crippen LogP contribution in [0.3, 0.4) is 0 Å². The van der Waals surface area contributed by atoms with Crippen molar-refractivity contribution in [1.82, 2.24) is 14.5 Å². The van der Waals surface area contributed by atoms with Crippen molar-refractivity contribution in [3.63, 3.8) is 0 Å². The third kappa shape index (κ3) is 6.48. The summed E-state index contributed by atoms with van der Waals surface area (Å²) in [4.78, 5) is 29.7. The maximum Gasteiger partial charge on any atom is 0.410 e. The number of hydrogen-bond donors (Lipinski definition) is 1. The van der Waals surface area contributed by atoms with Gasteiger partial charge in [0.05, 0.1) is 18.3 Å². The molecule has 4 fully saturated rings. The lowest BCUT2D eigenvalue weighted by Crippen LogP contribution is -2.67. The molecule has 3 unspecified atom stereocenters. The lowest BCUT2D eigenvalue weighted by molar-refractivity contribution is -0.143. The van der Waals surface area contributed by atoms with Gasteiger partial charge in [0.2, 0.25) is 15.9 Å². The second-order valence-electron chi connectivity index (χ2n) is 11.4. The summed E-state index contributed by atoms with van der Waals surface area (Å²) < 4.78 is 45.4. The minimum atomic E-state index is -3.20. The molecular weight excluding hydrogens is 473 g/mol. The zero-order valence-electron chi connectivity index (χ0n) is 21.3. The number of amides is 2. The van der Waals surface area contributed by atoms with Gasteiger partial charge in [-0.25, -0.2) is 22.3 Å². The lowest BCUT2D eigenvalue weighted by atomic mass is 9.69.